The number of carbonyl (C=O) groups excluding carboxylic acids is 1. The molecule has 0 aromatic carbocycles. The Bertz CT molecular complexity index is 165. The first-order valence-electron chi connectivity index (χ1n) is 3.26. The van der Waals surface area contributed by atoms with E-state index in [2.05, 4.69) is 6.58 Å². The van der Waals surface area contributed by atoms with Crippen molar-refractivity contribution in [2.24, 2.45) is 0 Å². The third kappa shape index (κ3) is 1.50. The Morgan fingerprint density at radius 3 is 3.00 bits per heavy atom. The van der Waals surface area contributed by atoms with E-state index in [1.165, 1.54) is 0 Å². The molecule has 1 amide bonds. The maximum atomic E-state index is 10.8. The van der Waals surface area contributed by atoms with E-state index in [0.717, 1.165) is 5.57 Å². The SMILES string of the molecule is C=C(C)CN1CCOC1=O. The van der Waals surface area contributed by atoms with Crippen LogP contribution >= 0.6 is 0 Å². The number of ether oxygens (including phenoxy) is 1. The highest BCUT2D eigenvalue weighted by Crippen LogP contribution is 2.04. The van der Waals surface area contributed by atoms with E-state index in [-0.39, 0.29) is 6.09 Å². The van der Waals surface area contributed by atoms with Gasteiger partial charge in [-0.15, -0.1) is 0 Å². The zero-order valence-electron chi connectivity index (χ0n) is 6.09. The van der Waals surface area contributed by atoms with E-state index in [9.17, 15) is 4.79 Å². The van der Waals surface area contributed by atoms with Crippen LogP contribution in [-0.2, 0) is 4.74 Å². The molecular formula is C7H11NO2. The van der Waals surface area contributed by atoms with Gasteiger partial charge in [0, 0.05) is 6.54 Å². The second-order valence-corrected chi connectivity index (χ2v) is 2.49. The molecule has 1 saturated heterocycles. The number of hydrogen-bond acceptors (Lipinski definition) is 2. The van der Waals surface area contributed by atoms with Crippen molar-refractivity contribution >= 4 is 6.09 Å². The molecule has 1 fully saturated rings. The summed E-state index contributed by atoms with van der Waals surface area (Å²) in [4.78, 5) is 12.4. The van der Waals surface area contributed by atoms with Crippen molar-refractivity contribution in [3.05, 3.63) is 12.2 Å². The summed E-state index contributed by atoms with van der Waals surface area (Å²) in [6, 6.07) is 0. The van der Waals surface area contributed by atoms with E-state index in [4.69, 9.17) is 4.74 Å². The molecule has 1 aliphatic heterocycles. The monoisotopic (exact) mass is 141 g/mol. The molecule has 0 unspecified atom stereocenters. The van der Waals surface area contributed by atoms with Crippen molar-refractivity contribution in [3.63, 3.8) is 0 Å². The average Bonchev–Trinajstić information content (AvgIpc) is 2.15. The fourth-order valence-corrected chi connectivity index (χ4v) is 0.895. The van der Waals surface area contributed by atoms with Gasteiger partial charge >= 0.3 is 6.09 Å². The molecule has 0 aliphatic carbocycles. The molecular weight excluding hydrogens is 130 g/mol. The molecule has 0 N–H and O–H groups in total. The van der Waals surface area contributed by atoms with Crippen molar-refractivity contribution in [1.29, 1.82) is 0 Å². The lowest BCUT2D eigenvalue weighted by Gasteiger charge is -2.10. The van der Waals surface area contributed by atoms with Crippen molar-refractivity contribution < 1.29 is 9.53 Å². The van der Waals surface area contributed by atoms with Crippen LogP contribution < -0.4 is 0 Å². The largest absolute Gasteiger partial charge is 0.448 e. The highest BCUT2D eigenvalue weighted by molar-refractivity contribution is 5.69. The van der Waals surface area contributed by atoms with Gasteiger partial charge in [0.25, 0.3) is 0 Å². The minimum Gasteiger partial charge on any atom is -0.448 e. The van der Waals surface area contributed by atoms with Gasteiger partial charge < -0.3 is 9.64 Å². The maximum Gasteiger partial charge on any atom is 0.410 e. The molecule has 1 rings (SSSR count). The number of rotatable bonds is 2. The van der Waals surface area contributed by atoms with Gasteiger partial charge in [0.05, 0.1) is 6.54 Å². The van der Waals surface area contributed by atoms with Gasteiger partial charge in [-0.2, -0.15) is 0 Å². The van der Waals surface area contributed by atoms with Crippen molar-refractivity contribution in [2.75, 3.05) is 19.7 Å². The normalized spacial score (nSPS) is 17.3. The molecule has 0 radical (unpaired) electrons. The Kier molecular flexibility index (Phi) is 1.94. The smallest absolute Gasteiger partial charge is 0.410 e. The zero-order valence-corrected chi connectivity index (χ0v) is 6.09. The molecule has 3 nitrogen and oxygen atoms in total. The van der Waals surface area contributed by atoms with Crippen LogP contribution in [0.4, 0.5) is 4.79 Å². The quantitative estimate of drug-likeness (QED) is 0.537. The van der Waals surface area contributed by atoms with Gasteiger partial charge in [-0.1, -0.05) is 12.2 Å². The summed E-state index contributed by atoms with van der Waals surface area (Å²) in [5.74, 6) is 0. The third-order valence-electron chi connectivity index (χ3n) is 1.31. The summed E-state index contributed by atoms with van der Waals surface area (Å²) in [6.07, 6.45) is -0.219. The molecule has 0 aromatic rings. The van der Waals surface area contributed by atoms with Crippen LogP contribution in [0, 0.1) is 0 Å². The number of carbonyl (C=O) groups is 1. The van der Waals surface area contributed by atoms with E-state index in [1.54, 1.807) is 4.90 Å². The standard InChI is InChI=1S/C7H11NO2/c1-6(2)5-8-3-4-10-7(8)9/h1,3-5H2,2H3. The topological polar surface area (TPSA) is 29.5 Å². The molecule has 10 heavy (non-hydrogen) atoms. The Balaban J connectivity index is 2.40. The first kappa shape index (κ1) is 7.12. The number of nitrogens with zero attached hydrogens (tertiary/aromatic N) is 1. The Labute approximate surface area is 60.3 Å². The van der Waals surface area contributed by atoms with E-state index >= 15 is 0 Å². The predicted octanol–water partition coefficient (Wildman–Crippen LogP) is 1.01. The second kappa shape index (κ2) is 2.73. The van der Waals surface area contributed by atoms with Gasteiger partial charge in [-0.3, -0.25) is 0 Å². The van der Waals surface area contributed by atoms with E-state index in [0.29, 0.717) is 19.7 Å². The summed E-state index contributed by atoms with van der Waals surface area (Å²) in [5.41, 5.74) is 0.985. The van der Waals surface area contributed by atoms with Gasteiger partial charge in [0.2, 0.25) is 0 Å². The fourth-order valence-electron chi connectivity index (χ4n) is 0.895. The molecule has 0 saturated carbocycles. The van der Waals surface area contributed by atoms with Crippen LogP contribution in [0.5, 0.6) is 0 Å². The minimum atomic E-state index is -0.219. The highest BCUT2D eigenvalue weighted by Gasteiger charge is 2.20. The van der Waals surface area contributed by atoms with Gasteiger partial charge in [-0.25, -0.2) is 4.79 Å². The Morgan fingerprint density at radius 2 is 2.60 bits per heavy atom. The minimum absolute atomic E-state index is 0.219. The summed E-state index contributed by atoms with van der Waals surface area (Å²) >= 11 is 0. The molecule has 1 aliphatic rings. The zero-order chi connectivity index (χ0) is 7.56. The maximum absolute atomic E-state index is 10.8. The van der Waals surface area contributed by atoms with Crippen LogP contribution in [0.3, 0.4) is 0 Å². The van der Waals surface area contributed by atoms with E-state index < -0.39 is 0 Å². The third-order valence-corrected chi connectivity index (χ3v) is 1.31. The lowest BCUT2D eigenvalue weighted by Crippen LogP contribution is -2.25. The second-order valence-electron chi connectivity index (χ2n) is 2.49. The van der Waals surface area contributed by atoms with Crippen LogP contribution in [-0.4, -0.2) is 30.7 Å². The van der Waals surface area contributed by atoms with E-state index in [1.807, 2.05) is 6.92 Å². The summed E-state index contributed by atoms with van der Waals surface area (Å²) in [6.45, 7) is 7.44. The first-order chi connectivity index (χ1) is 4.70. The number of cyclic esters (lactones) is 1. The summed E-state index contributed by atoms with van der Waals surface area (Å²) in [7, 11) is 0. The molecule has 0 spiro atoms. The van der Waals surface area contributed by atoms with Gasteiger partial charge in [0.1, 0.15) is 6.61 Å². The van der Waals surface area contributed by atoms with Gasteiger partial charge in [-0.05, 0) is 6.92 Å². The Morgan fingerprint density at radius 1 is 1.90 bits per heavy atom. The highest BCUT2D eigenvalue weighted by atomic mass is 16.6. The molecule has 1 heterocycles. The summed E-state index contributed by atoms with van der Waals surface area (Å²) < 4.78 is 4.71. The van der Waals surface area contributed by atoms with Crippen LogP contribution in [0.2, 0.25) is 0 Å². The summed E-state index contributed by atoms with van der Waals surface area (Å²) in [5, 5.41) is 0. The molecule has 56 valence electrons. The predicted molar refractivity (Wildman–Crippen MR) is 37.7 cm³/mol. The van der Waals surface area contributed by atoms with Gasteiger partial charge in [0.15, 0.2) is 0 Å². The van der Waals surface area contributed by atoms with Crippen LogP contribution in [0.15, 0.2) is 12.2 Å². The van der Waals surface area contributed by atoms with Crippen LogP contribution in [0.1, 0.15) is 6.92 Å². The molecule has 0 bridgehead atoms. The first-order valence-corrected chi connectivity index (χ1v) is 3.26. The number of hydrogen-bond donors (Lipinski definition) is 0. The van der Waals surface area contributed by atoms with Crippen molar-refractivity contribution in [1.82, 2.24) is 4.90 Å². The molecule has 0 aromatic heterocycles. The number of amides is 1. The lowest BCUT2D eigenvalue weighted by atomic mass is 10.3. The Hall–Kier alpha value is -0.990. The fraction of sp³-hybridized carbons (Fsp3) is 0.571. The molecule has 3 heteroatoms. The lowest BCUT2D eigenvalue weighted by molar-refractivity contribution is 0.160. The van der Waals surface area contributed by atoms with Crippen LogP contribution in [0.25, 0.3) is 0 Å². The molecule has 0 atom stereocenters. The average molecular weight is 141 g/mol. The van der Waals surface area contributed by atoms with Crippen molar-refractivity contribution in [3.8, 4) is 0 Å². The van der Waals surface area contributed by atoms with Crippen molar-refractivity contribution in [2.45, 2.75) is 6.92 Å².